The van der Waals surface area contributed by atoms with Crippen molar-refractivity contribution in [1.29, 1.82) is 0 Å². The van der Waals surface area contributed by atoms with E-state index in [4.69, 9.17) is 15.5 Å². The molecule has 8 nitrogen and oxygen atoms in total. The second-order valence-electron chi connectivity index (χ2n) is 10.7. The molecule has 5 N–H and O–H groups in total. The van der Waals surface area contributed by atoms with Gasteiger partial charge in [0.1, 0.15) is 0 Å². The third kappa shape index (κ3) is 20.6. The SMILES string of the molecule is C/C=C\C.C=C(C)N.CC.CCOCCN(C)CCCNc1nc2ccc(CNC(/C=C(/C)CC)=C(/C)CCO)cc2n1CC. The number of benzene rings is 1. The highest BCUT2D eigenvalue weighted by atomic mass is 16.5. The van der Waals surface area contributed by atoms with Crippen molar-refractivity contribution in [2.45, 2.75) is 102 Å². The van der Waals surface area contributed by atoms with Crippen LogP contribution in [-0.2, 0) is 17.8 Å². The summed E-state index contributed by atoms with van der Waals surface area (Å²) in [6.45, 7) is 29.9. The van der Waals surface area contributed by atoms with Gasteiger partial charge in [-0.1, -0.05) is 51.1 Å². The van der Waals surface area contributed by atoms with Gasteiger partial charge in [-0.25, -0.2) is 4.98 Å². The Hall–Kier alpha value is -3.07. The van der Waals surface area contributed by atoms with E-state index in [2.05, 4.69) is 85.7 Å². The van der Waals surface area contributed by atoms with Crippen LogP contribution < -0.4 is 16.4 Å². The molecule has 1 aromatic heterocycles. The van der Waals surface area contributed by atoms with Crippen LogP contribution in [0.25, 0.3) is 11.0 Å². The Balaban J connectivity index is 0. The first-order chi connectivity index (χ1) is 21.6. The second-order valence-corrected chi connectivity index (χ2v) is 10.7. The fraction of sp³-hybridized carbons (Fsp3) is 0.595. The number of nitrogens with one attached hydrogen (secondary N) is 2. The summed E-state index contributed by atoms with van der Waals surface area (Å²) in [6.07, 6.45) is 8.95. The number of aromatic nitrogens is 2. The number of fused-ring (bicyclic) bond motifs is 1. The number of imidazole rings is 1. The van der Waals surface area contributed by atoms with Gasteiger partial charge in [0.05, 0.1) is 17.6 Å². The number of nitrogens with two attached hydrogens (primary N) is 1. The van der Waals surface area contributed by atoms with E-state index in [9.17, 15) is 5.11 Å². The van der Waals surface area contributed by atoms with Crippen LogP contribution in [0.5, 0.6) is 0 Å². The number of rotatable bonds is 17. The number of aliphatic hydroxyl groups excluding tert-OH is 1. The Labute approximate surface area is 276 Å². The Morgan fingerprint density at radius 2 is 1.76 bits per heavy atom. The van der Waals surface area contributed by atoms with E-state index in [-0.39, 0.29) is 6.61 Å². The summed E-state index contributed by atoms with van der Waals surface area (Å²) in [6, 6.07) is 6.50. The summed E-state index contributed by atoms with van der Waals surface area (Å²) >= 11 is 0. The zero-order chi connectivity index (χ0) is 34.6. The van der Waals surface area contributed by atoms with E-state index < -0.39 is 0 Å². The van der Waals surface area contributed by atoms with E-state index in [1.165, 1.54) is 16.7 Å². The highest BCUT2D eigenvalue weighted by molar-refractivity contribution is 5.79. The predicted molar refractivity (Wildman–Crippen MR) is 199 cm³/mol. The van der Waals surface area contributed by atoms with Crippen LogP contribution in [0.3, 0.4) is 0 Å². The average Bonchev–Trinajstić information content (AvgIpc) is 3.38. The molecule has 0 saturated heterocycles. The van der Waals surface area contributed by atoms with Crippen molar-refractivity contribution in [3.05, 3.63) is 71.1 Å². The number of likely N-dealkylation sites (N-methyl/N-ethyl adjacent to an activating group) is 1. The lowest BCUT2D eigenvalue weighted by atomic mass is 10.1. The van der Waals surface area contributed by atoms with Gasteiger partial charge in [0.25, 0.3) is 0 Å². The molecule has 0 atom stereocenters. The lowest BCUT2D eigenvalue weighted by Gasteiger charge is -2.16. The predicted octanol–water partition coefficient (Wildman–Crippen LogP) is 8.02. The van der Waals surface area contributed by atoms with Gasteiger partial charge < -0.3 is 35.7 Å². The molecule has 0 spiro atoms. The fourth-order valence-corrected chi connectivity index (χ4v) is 3.93. The number of anilines is 1. The zero-order valence-corrected chi connectivity index (χ0v) is 30.7. The minimum atomic E-state index is 0.164. The first-order valence-electron chi connectivity index (χ1n) is 16.8. The van der Waals surface area contributed by atoms with Crippen molar-refractivity contribution in [3.63, 3.8) is 0 Å². The molecule has 0 radical (unpaired) electrons. The summed E-state index contributed by atoms with van der Waals surface area (Å²) in [7, 11) is 2.14. The molecule has 2 rings (SSSR count). The molecule has 0 unspecified atom stereocenters. The first kappa shape index (κ1) is 44.1. The molecule has 0 aliphatic carbocycles. The fourth-order valence-electron chi connectivity index (χ4n) is 3.93. The summed E-state index contributed by atoms with van der Waals surface area (Å²) in [4.78, 5) is 7.16. The first-order valence-corrected chi connectivity index (χ1v) is 16.8. The molecular weight excluding hydrogens is 560 g/mol. The normalized spacial score (nSPS) is 11.6. The van der Waals surface area contributed by atoms with Crippen LogP contribution >= 0.6 is 0 Å². The molecule has 0 aliphatic heterocycles. The van der Waals surface area contributed by atoms with Crippen molar-refractivity contribution in [2.24, 2.45) is 5.73 Å². The van der Waals surface area contributed by atoms with Gasteiger partial charge in [-0.15, -0.1) is 0 Å². The third-order valence-electron chi connectivity index (χ3n) is 6.66. The number of nitrogens with zero attached hydrogens (tertiary/aromatic N) is 3. The summed E-state index contributed by atoms with van der Waals surface area (Å²) in [5, 5.41) is 16.5. The second kappa shape index (κ2) is 28.4. The smallest absolute Gasteiger partial charge is 0.203 e. The standard InChI is InChI=1S/C28H47N5O2.C4H8.C3H7N.C2H6/c1-7-22(4)19-26(23(5)13-17-34)30-21-24-11-12-25-27(20-24)33(8-2)28(31-25)29-14-10-15-32(6)16-18-35-9-3;1-3-4-2;1-3(2)4;1-2/h11-12,19-20,30,34H,7-10,13-18,21H2,1-6H3,(H,29,31);3-4H,1-2H3;1,4H2,2H3;1-2H3/b22-19-,26-23-;4-3-;;. The van der Waals surface area contributed by atoms with Crippen LogP contribution in [0.4, 0.5) is 5.95 Å². The van der Waals surface area contributed by atoms with Crippen molar-refractivity contribution < 1.29 is 9.84 Å². The quantitative estimate of drug-likeness (QED) is 0.0800. The minimum absolute atomic E-state index is 0.164. The molecular formula is C37H68N6O2. The lowest BCUT2D eigenvalue weighted by Crippen LogP contribution is -2.26. The molecule has 8 heteroatoms. The van der Waals surface area contributed by atoms with E-state index >= 15 is 0 Å². The summed E-state index contributed by atoms with van der Waals surface area (Å²) in [5.74, 6) is 0.936. The Bertz CT molecular complexity index is 1130. The van der Waals surface area contributed by atoms with Gasteiger partial charge >= 0.3 is 0 Å². The zero-order valence-electron chi connectivity index (χ0n) is 30.7. The molecule has 0 amide bonds. The molecule has 0 aliphatic rings. The number of aryl methyl sites for hydroxylation is 1. The summed E-state index contributed by atoms with van der Waals surface area (Å²) in [5.41, 5.74) is 12.6. The number of ether oxygens (including phenoxy) is 1. The van der Waals surface area contributed by atoms with E-state index in [0.29, 0.717) is 12.1 Å². The topological polar surface area (TPSA) is 101 Å². The monoisotopic (exact) mass is 629 g/mol. The van der Waals surface area contributed by atoms with Gasteiger partial charge in [0, 0.05) is 45.1 Å². The molecule has 0 saturated carbocycles. The molecule has 0 fully saturated rings. The van der Waals surface area contributed by atoms with Crippen LogP contribution in [0.15, 0.2) is 65.5 Å². The van der Waals surface area contributed by atoms with Crippen LogP contribution in [0, 0.1) is 0 Å². The Morgan fingerprint density at radius 1 is 1.11 bits per heavy atom. The molecule has 258 valence electrons. The maximum absolute atomic E-state index is 9.38. The number of hydrogen-bond acceptors (Lipinski definition) is 7. The van der Waals surface area contributed by atoms with Gasteiger partial charge in [-0.3, -0.25) is 0 Å². The lowest BCUT2D eigenvalue weighted by molar-refractivity contribution is 0.122. The van der Waals surface area contributed by atoms with Gasteiger partial charge in [-0.2, -0.15) is 0 Å². The summed E-state index contributed by atoms with van der Waals surface area (Å²) < 4.78 is 7.69. The van der Waals surface area contributed by atoms with E-state index in [0.717, 1.165) is 81.5 Å². The number of allylic oxidation sites excluding steroid dienone is 5. The molecule has 1 aromatic carbocycles. The van der Waals surface area contributed by atoms with E-state index in [1.54, 1.807) is 6.92 Å². The molecule has 2 aromatic rings. The van der Waals surface area contributed by atoms with Crippen LogP contribution in [-0.4, -0.2) is 66.1 Å². The third-order valence-corrected chi connectivity index (χ3v) is 6.66. The molecule has 0 bridgehead atoms. The van der Waals surface area contributed by atoms with Crippen LogP contribution in [0.1, 0.15) is 94.1 Å². The largest absolute Gasteiger partial charge is 0.403 e. The van der Waals surface area contributed by atoms with Crippen molar-refractivity contribution in [3.8, 4) is 0 Å². The highest BCUT2D eigenvalue weighted by Crippen LogP contribution is 2.22. The maximum Gasteiger partial charge on any atom is 0.203 e. The van der Waals surface area contributed by atoms with Gasteiger partial charge in [0.15, 0.2) is 0 Å². The maximum atomic E-state index is 9.38. The van der Waals surface area contributed by atoms with Gasteiger partial charge in [0.2, 0.25) is 5.95 Å². The average molecular weight is 629 g/mol. The highest BCUT2D eigenvalue weighted by Gasteiger charge is 2.11. The van der Waals surface area contributed by atoms with Crippen molar-refractivity contribution in [1.82, 2.24) is 19.8 Å². The number of aliphatic hydroxyl groups is 1. The molecule has 45 heavy (non-hydrogen) atoms. The van der Waals surface area contributed by atoms with Crippen LogP contribution in [0.2, 0.25) is 0 Å². The van der Waals surface area contributed by atoms with E-state index in [1.807, 2.05) is 46.8 Å². The molecule has 1 heterocycles. The number of hydrogen-bond donors (Lipinski definition) is 4. The van der Waals surface area contributed by atoms with Crippen molar-refractivity contribution in [2.75, 3.05) is 51.8 Å². The van der Waals surface area contributed by atoms with Gasteiger partial charge in [-0.05, 0) is 116 Å². The Kier molecular flexibility index (Phi) is 27.8. The van der Waals surface area contributed by atoms with Crippen molar-refractivity contribution >= 4 is 17.0 Å². The Morgan fingerprint density at radius 3 is 2.29 bits per heavy atom. The minimum Gasteiger partial charge on any atom is -0.403 e.